The molecule has 21 heavy (non-hydrogen) atoms. The van der Waals surface area contributed by atoms with E-state index in [0.717, 1.165) is 5.69 Å². The van der Waals surface area contributed by atoms with Gasteiger partial charge in [0, 0.05) is 19.3 Å². The van der Waals surface area contributed by atoms with Crippen molar-refractivity contribution in [1.82, 2.24) is 19.3 Å². The van der Waals surface area contributed by atoms with Crippen LogP contribution in [0.5, 0.6) is 0 Å². The molecule has 8 heteroatoms. The summed E-state index contributed by atoms with van der Waals surface area (Å²) in [4.78, 5) is 4.41. The fourth-order valence-corrected chi connectivity index (χ4v) is 3.09. The maximum Gasteiger partial charge on any atom is 0.412 e. The van der Waals surface area contributed by atoms with E-state index in [9.17, 15) is 13.2 Å². The summed E-state index contributed by atoms with van der Waals surface area (Å²) in [6, 6.07) is 0. The molecule has 0 N–H and O–H groups in total. The van der Waals surface area contributed by atoms with Gasteiger partial charge in [0.15, 0.2) is 5.65 Å². The zero-order chi connectivity index (χ0) is 15.4. The Morgan fingerprint density at radius 1 is 1.33 bits per heavy atom. The highest BCUT2D eigenvalue weighted by atomic mass is 35.5. The third-order valence-corrected chi connectivity index (χ3v) is 4.29. The summed E-state index contributed by atoms with van der Waals surface area (Å²) in [5.41, 5.74) is -0.0976. The molecule has 1 aliphatic carbocycles. The summed E-state index contributed by atoms with van der Waals surface area (Å²) in [6.07, 6.45) is -3.17. The van der Waals surface area contributed by atoms with E-state index in [1.54, 1.807) is 7.05 Å². The van der Waals surface area contributed by atoms with Crippen molar-refractivity contribution in [2.45, 2.75) is 44.3 Å². The number of alkyl halides is 4. The zero-order valence-corrected chi connectivity index (χ0v) is 12.6. The van der Waals surface area contributed by atoms with E-state index >= 15 is 0 Å². The van der Waals surface area contributed by atoms with Crippen LogP contribution in [0.4, 0.5) is 13.2 Å². The molecule has 0 spiro atoms. The molecule has 2 aromatic heterocycles. The van der Waals surface area contributed by atoms with Crippen LogP contribution in [-0.4, -0.2) is 31.4 Å². The van der Waals surface area contributed by atoms with Gasteiger partial charge < -0.3 is 0 Å². The maximum atomic E-state index is 13.5. The van der Waals surface area contributed by atoms with E-state index in [1.807, 2.05) is 6.92 Å². The second-order valence-electron chi connectivity index (χ2n) is 5.43. The van der Waals surface area contributed by atoms with Gasteiger partial charge in [-0.15, -0.1) is 11.6 Å². The van der Waals surface area contributed by atoms with Crippen LogP contribution in [0.15, 0.2) is 0 Å². The van der Waals surface area contributed by atoms with Gasteiger partial charge in [0.2, 0.25) is 0 Å². The zero-order valence-electron chi connectivity index (χ0n) is 11.8. The third-order valence-electron chi connectivity index (χ3n) is 4.11. The summed E-state index contributed by atoms with van der Waals surface area (Å²) < 4.78 is 43.4. The van der Waals surface area contributed by atoms with E-state index in [0.29, 0.717) is 29.8 Å². The van der Waals surface area contributed by atoms with Gasteiger partial charge >= 0.3 is 6.18 Å². The SMILES string of the molecule is CCc1nn(C)c2c1nc(CCCl)n2C1(C(F)(F)F)CC1. The second kappa shape index (κ2) is 4.63. The lowest BCUT2D eigenvalue weighted by atomic mass is 10.2. The molecular formula is C13H16ClF3N4. The van der Waals surface area contributed by atoms with Gasteiger partial charge in [-0.3, -0.25) is 9.25 Å². The molecule has 0 saturated heterocycles. The number of hydrogen-bond donors (Lipinski definition) is 0. The first-order chi connectivity index (χ1) is 9.85. The number of rotatable bonds is 4. The molecule has 2 heterocycles. The van der Waals surface area contributed by atoms with Crippen LogP contribution >= 0.6 is 11.6 Å². The number of fused-ring (bicyclic) bond motifs is 1. The van der Waals surface area contributed by atoms with Crippen LogP contribution in [0.1, 0.15) is 31.3 Å². The highest BCUT2D eigenvalue weighted by Crippen LogP contribution is 2.57. The number of aryl methyl sites for hydroxylation is 3. The Balaban J connectivity index is 2.29. The van der Waals surface area contributed by atoms with Gasteiger partial charge in [0.25, 0.3) is 0 Å². The predicted molar refractivity (Wildman–Crippen MR) is 73.6 cm³/mol. The summed E-state index contributed by atoms with van der Waals surface area (Å²) in [5, 5.41) is 4.29. The lowest BCUT2D eigenvalue weighted by molar-refractivity contribution is -0.179. The van der Waals surface area contributed by atoms with Crippen molar-refractivity contribution < 1.29 is 13.2 Å². The molecule has 1 aliphatic rings. The molecule has 0 radical (unpaired) electrons. The largest absolute Gasteiger partial charge is 0.412 e. The van der Waals surface area contributed by atoms with Crippen molar-refractivity contribution in [2.75, 3.05) is 5.88 Å². The Bertz CT molecular complexity index is 682. The maximum absolute atomic E-state index is 13.5. The minimum atomic E-state index is -4.29. The first-order valence-electron chi connectivity index (χ1n) is 6.92. The number of hydrogen-bond acceptors (Lipinski definition) is 2. The Morgan fingerprint density at radius 2 is 2.00 bits per heavy atom. The van der Waals surface area contributed by atoms with Gasteiger partial charge in [-0.1, -0.05) is 6.92 Å². The van der Waals surface area contributed by atoms with Crippen LogP contribution in [0, 0.1) is 0 Å². The molecule has 0 unspecified atom stereocenters. The average Bonchev–Trinajstić information content (AvgIpc) is 3.05. The first kappa shape index (κ1) is 14.7. The number of aromatic nitrogens is 4. The van der Waals surface area contributed by atoms with E-state index in [4.69, 9.17) is 11.6 Å². The first-order valence-corrected chi connectivity index (χ1v) is 7.45. The van der Waals surface area contributed by atoms with Crippen molar-refractivity contribution >= 4 is 22.8 Å². The van der Waals surface area contributed by atoms with Crippen LogP contribution in [0.3, 0.4) is 0 Å². The minimum Gasteiger partial charge on any atom is -0.297 e. The molecule has 0 bridgehead atoms. The molecule has 0 aromatic carbocycles. The lowest BCUT2D eigenvalue weighted by Crippen LogP contribution is -2.36. The van der Waals surface area contributed by atoms with E-state index in [2.05, 4.69) is 10.1 Å². The van der Waals surface area contributed by atoms with Crippen molar-refractivity contribution in [2.24, 2.45) is 7.05 Å². The molecular weight excluding hydrogens is 305 g/mol. The van der Waals surface area contributed by atoms with Crippen molar-refractivity contribution in [3.8, 4) is 0 Å². The molecule has 4 nitrogen and oxygen atoms in total. The van der Waals surface area contributed by atoms with E-state index in [-0.39, 0.29) is 18.7 Å². The molecule has 3 rings (SSSR count). The lowest BCUT2D eigenvalue weighted by Gasteiger charge is -2.23. The van der Waals surface area contributed by atoms with E-state index in [1.165, 1.54) is 9.25 Å². The van der Waals surface area contributed by atoms with Gasteiger partial charge in [-0.2, -0.15) is 18.3 Å². The van der Waals surface area contributed by atoms with Gasteiger partial charge in [-0.05, 0) is 19.3 Å². The van der Waals surface area contributed by atoms with Crippen LogP contribution in [-0.2, 0) is 25.4 Å². The molecule has 2 aromatic rings. The molecule has 0 aliphatic heterocycles. The Hall–Kier alpha value is -1.24. The number of nitrogens with zero attached hydrogens (tertiary/aromatic N) is 4. The fraction of sp³-hybridized carbons (Fsp3) is 0.692. The summed E-state index contributed by atoms with van der Waals surface area (Å²) >= 11 is 5.74. The van der Waals surface area contributed by atoms with Crippen molar-refractivity contribution in [1.29, 1.82) is 0 Å². The van der Waals surface area contributed by atoms with Gasteiger partial charge in [0.05, 0.1) is 5.69 Å². The molecule has 1 fully saturated rings. The average molecular weight is 321 g/mol. The fourth-order valence-electron chi connectivity index (χ4n) is 2.92. The van der Waals surface area contributed by atoms with Crippen LogP contribution < -0.4 is 0 Å². The quantitative estimate of drug-likeness (QED) is 0.811. The Kier molecular flexibility index (Phi) is 3.24. The molecule has 1 saturated carbocycles. The second-order valence-corrected chi connectivity index (χ2v) is 5.81. The normalized spacial score (nSPS) is 17.6. The van der Waals surface area contributed by atoms with Crippen molar-refractivity contribution in [3.63, 3.8) is 0 Å². The summed E-state index contributed by atoms with van der Waals surface area (Å²) in [5.74, 6) is 0.643. The monoisotopic (exact) mass is 320 g/mol. The van der Waals surface area contributed by atoms with Gasteiger partial charge in [0.1, 0.15) is 16.9 Å². The predicted octanol–water partition coefficient (Wildman–Crippen LogP) is 3.16. The number of imidazole rings is 1. The third kappa shape index (κ3) is 1.97. The van der Waals surface area contributed by atoms with Crippen LogP contribution in [0.25, 0.3) is 11.2 Å². The molecule has 0 atom stereocenters. The molecule has 0 amide bonds. The number of halogens is 4. The summed E-state index contributed by atoms with van der Waals surface area (Å²) in [7, 11) is 1.66. The minimum absolute atomic E-state index is 0.0872. The highest BCUT2D eigenvalue weighted by Gasteiger charge is 2.66. The highest BCUT2D eigenvalue weighted by molar-refractivity contribution is 6.17. The standard InChI is InChI=1S/C13H16ClF3N4/c1-3-8-10-11(20(2)19-8)21(9(18-10)4-7-14)12(5-6-12)13(15,16)17/h3-7H2,1-2H3. The Labute approximate surface area is 124 Å². The molecule has 116 valence electrons. The van der Waals surface area contributed by atoms with Crippen LogP contribution in [0.2, 0.25) is 0 Å². The van der Waals surface area contributed by atoms with Crippen molar-refractivity contribution in [3.05, 3.63) is 11.5 Å². The summed E-state index contributed by atoms with van der Waals surface area (Å²) in [6.45, 7) is 1.92. The smallest absolute Gasteiger partial charge is 0.297 e. The van der Waals surface area contributed by atoms with Gasteiger partial charge in [-0.25, -0.2) is 4.98 Å². The Morgan fingerprint density at radius 3 is 2.48 bits per heavy atom. The topological polar surface area (TPSA) is 35.6 Å². The van der Waals surface area contributed by atoms with E-state index < -0.39 is 11.7 Å².